The van der Waals surface area contributed by atoms with Crippen LogP contribution in [0.4, 0.5) is 5.69 Å². The quantitative estimate of drug-likeness (QED) is 0.702. The second-order valence-electron chi connectivity index (χ2n) is 4.52. The lowest BCUT2D eigenvalue weighted by Crippen LogP contribution is -1.81. The molecule has 0 unspecified atom stereocenters. The molecule has 0 aliphatic heterocycles. The Hall–Kier alpha value is -2.55. The van der Waals surface area contributed by atoms with Crippen molar-refractivity contribution in [1.82, 2.24) is 4.98 Å². The molecule has 1 aromatic heterocycles. The van der Waals surface area contributed by atoms with E-state index in [1.807, 2.05) is 24.3 Å². The van der Waals surface area contributed by atoms with Gasteiger partial charge in [0.25, 0.3) is 0 Å². The molecule has 19 heavy (non-hydrogen) atoms. The van der Waals surface area contributed by atoms with Gasteiger partial charge >= 0.3 is 0 Å². The predicted molar refractivity (Wildman–Crippen MR) is 78.5 cm³/mol. The van der Waals surface area contributed by atoms with Gasteiger partial charge in [-0.05, 0) is 30.7 Å². The summed E-state index contributed by atoms with van der Waals surface area (Å²) in [5.74, 6) is 0.584. The summed E-state index contributed by atoms with van der Waals surface area (Å²) in [6, 6.07) is 13.7. The fourth-order valence-corrected chi connectivity index (χ4v) is 1.88. The molecule has 3 heteroatoms. The lowest BCUT2D eigenvalue weighted by molar-refractivity contribution is 0.590. The number of nitrogen functional groups attached to an aromatic ring is 1. The van der Waals surface area contributed by atoms with E-state index in [4.69, 9.17) is 10.2 Å². The van der Waals surface area contributed by atoms with Crippen molar-refractivity contribution < 1.29 is 4.42 Å². The van der Waals surface area contributed by atoms with E-state index in [1.165, 1.54) is 5.56 Å². The first-order chi connectivity index (χ1) is 9.20. The summed E-state index contributed by atoms with van der Waals surface area (Å²) in [4.78, 5) is 4.38. The number of rotatable bonds is 2. The van der Waals surface area contributed by atoms with Gasteiger partial charge in [0.2, 0.25) is 5.89 Å². The summed E-state index contributed by atoms with van der Waals surface area (Å²) in [7, 11) is 0. The smallest absolute Gasteiger partial charge is 0.220 e. The van der Waals surface area contributed by atoms with E-state index in [9.17, 15) is 0 Å². The summed E-state index contributed by atoms with van der Waals surface area (Å²) in [5, 5.41) is 0. The van der Waals surface area contributed by atoms with E-state index in [2.05, 4.69) is 36.2 Å². The number of anilines is 1. The number of oxazole rings is 1. The Labute approximate surface area is 111 Å². The van der Waals surface area contributed by atoms with Gasteiger partial charge < -0.3 is 10.2 Å². The van der Waals surface area contributed by atoms with Crippen molar-refractivity contribution in [1.29, 1.82) is 0 Å². The summed E-state index contributed by atoms with van der Waals surface area (Å²) in [5.41, 5.74) is 10.3. The summed E-state index contributed by atoms with van der Waals surface area (Å²) in [6.07, 6.45) is 3.84. The molecule has 1 heterocycles. The standard InChI is InChI=1S/C16H14N2O/c1-11-2-4-12(5-3-11)6-9-16-18-14-8-7-13(17)10-15(14)19-16/h2-10H,17H2,1H3/b9-6+. The highest BCUT2D eigenvalue weighted by molar-refractivity contribution is 5.78. The molecule has 3 aromatic rings. The number of nitrogens with two attached hydrogens (primary N) is 1. The molecule has 0 aliphatic carbocycles. The fourth-order valence-electron chi connectivity index (χ4n) is 1.88. The number of benzene rings is 2. The van der Waals surface area contributed by atoms with E-state index >= 15 is 0 Å². The summed E-state index contributed by atoms with van der Waals surface area (Å²) < 4.78 is 5.62. The van der Waals surface area contributed by atoms with Crippen molar-refractivity contribution in [3.8, 4) is 0 Å². The highest BCUT2D eigenvalue weighted by Gasteiger charge is 2.02. The zero-order chi connectivity index (χ0) is 13.2. The van der Waals surface area contributed by atoms with Crippen LogP contribution in [0.15, 0.2) is 46.9 Å². The van der Waals surface area contributed by atoms with Gasteiger partial charge in [0, 0.05) is 17.8 Å². The molecule has 2 aromatic carbocycles. The average Bonchev–Trinajstić information content (AvgIpc) is 2.80. The predicted octanol–water partition coefficient (Wildman–Crippen LogP) is 3.89. The third kappa shape index (κ3) is 2.50. The lowest BCUT2D eigenvalue weighted by Gasteiger charge is -1.93. The first-order valence-electron chi connectivity index (χ1n) is 6.11. The minimum atomic E-state index is 0.584. The molecule has 0 radical (unpaired) electrons. The molecule has 0 aliphatic rings. The van der Waals surface area contributed by atoms with Crippen LogP contribution >= 0.6 is 0 Å². The minimum Gasteiger partial charge on any atom is -0.437 e. The van der Waals surface area contributed by atoms with E-state index in [0.717, 1.165) is 11.1 Å². The van der Waals surface area contributed by atoms with Gasteiger partial charge in [-0.2, -0.15) is 0 Å². The van der Waals surface area contributed by atoms with Crippen LogP contribution in [-0.2, 0) is 0 Å². The normalized spacial score (nSPS) is 11.4. The molecular formula is C16H14N2O. The maximum Gasteiger partial charge on any atom is 0.220 e. The molecule has 3 nitrogen and oxygen atoms in total. The van der Waals surface area contributed by atoms with Gasteiger partial charge in [-0.1, -0.05) is 29.8 Å². The highest BCUT2D eigenvalue weighted by atomic mass is 16.3. The van der Waals surface area contributed by atoms with Crippen LogP contribution in [0.5, 0.6) is 0 Å². The van der Waals surface area contributed by atoms with E-state index in [0.29, 0.717) is 17.2 Å². The molecular weight excluding hydrogens is 236 g/mol. The van der Waals surface area contributed by atoms with E-state index in [-0.39, 0.29) is 0 Å². The second kappa shape index (κ2) is 4.61. The van der Waals surface area contributed by atoms with Crippen molar-refractivity contribution in [2.24, 2.45) is 0 Å². The summed E-state index contributed by atoms with van der Waals surface area (Å²) >= 11 is 0. The molecule has 94 valence electrons. The number of nitrogens with zero attached hydrogens (tertiary/aromatic N) is 1. The molecule has 0 saturated carbocycles. The topological polar surface area (TPSA) is 52.0 Å². The van der Waals surface area contributed by atoms with Crippen LogP contribution in [0.1, 0.15) is 17.0 Å². The lowest BCUT2D eigenvalue weighted by atomic mass is 10.1. The van der Waals surface area contributed by atoms with Crippen LogP contribution in [0.3, 0.4) is 0 Å². The molecule has 2 N–H and O–H groups in total. The Kier molecular flexibility index (Phi) is 2.80. The van der Waals surface area contributed by atoms with Crippen molar-refractivity contribution in [2.45, 2.75) is 6.92 Å². The SMILES string of the molecule is Cc1ccc(/C=C/c2nc3ccc(N)cc3o2)cc1. The average molecular weight is 250 g/mol. The molecule has 0 amide bonds. The number of fused-ring (bicyclic) bond motifs is 1. The van der Waals surface area contributed by atoms with Crippen molar-refractivity contribution in [3.05, 3.63) is 59.5 Å². The summed E-state index contributed by atoms with van der Waals surface area (Å²) in [6.45, 7) is 2.07. The molecule has 0 fully saturated rings. The van der Waals surface area contributed by atoms with Gasteiger partial charge in [0.05, 0.1) is 0 Å². The Morgan fingerprint density at radius 3 is 2.63 bits per heavy atom. The first-order valence-corrected chi connectivity index (χ1v) is 6.11. The van der Waals surface area contributed by atoms with Gasteiger partial charge in [-0.3, -0.25) is 0 Å². The third-order valence-corrected chi connectivity index (χ3v) is 2.92. The van der Waals surface area contributed by atoms with E-state index in [1.54, 1.807) is 6.07 Å². The molecule has 3 rings (SSSR count). The third-order valence-electron chi connectivity index (χ3n) is 2.92. The molecule has 0 bridgehead atoms. The van der Waals surface area contributed by atoms with Crippen LogP contribution in [0.2, 0.25) is 0 Å². The highest BCUT2D eigenvalue weighted by Crippen LogP contribution is 2.19. The zero-order valence-electron chi connectivity index (χ0n) is 10.6. The van der Waals surface area contributed by atoms with Crippen LogP contribution in [-0.4, -0.2) is 4.98 Å². The minimum absolute atomic E-state index is 0.584. The molecule has 0 atom stereocenters. The van der Waals surface area contributed by atoms with E-state index < -0.39 is 0 Å². The largest absolute Gasteiger partial charge is 0.437 e. The van der Waals surface area contributed by atoms with Crippen LogP contribution < -0.4 is 5.73 Å². The van der Waals surface area contributed by atoms with Gasteiger partial charge in [-0.25, -0.2) is 4.98 Å². The van der Waals surface area contributed by atoms with Crippen molar-refractivity contribution in [2.75, 3.05) is 5.73 Å². The molecule has 0 saturated heterocycles. The number of hydrogen-bond donors (Lipinski definition) is 1. The number of hydrogen-bond acceptors (Lipinski definition) is 3. The van der Waals surface area contributed by atoms with Crippen molar-refractivity contribution >= 4 is 28.9 Å². The van der Waals surface area contributed by atoms with Crippen LogP contribution in [0, 0.1) is 6.92 Å². The Balaban J connectivity index is 1.90. The maximum absolute atomic E-state index is 5.71. The Bertz CT molecular complexity index is 739. The van der Waals surface area contributed by atoms with Gasteiger partial charge in [0.1, 0.15) is 5.52 Å². The van der Waals surface area contributed by atoms with Crippen molar-refractivity contribution in [3.63, 3.8) is 0 Å². The second-order valence-corrected chi connectivity index (χ2v) is 4.52. The Morgan fingerprint density at radius 2 is 1.84 bits per heavy atom. The number of aryl methyl sites for hydroxylation is 1. The fraction of sp³-hybridized carbons (Fsp3) is 0.0625. The van der Waals surface area contributed by atoms with Gasteiger partial charge in [0.15, 0.2) is 5.58 Å². The zero-order valence-corrected chi connectivity index (χ0v) is 10.6. The van der Waals surface area contributed by atoms with Crippen LogP contribution in [0.25, 0.3) is 23.3 Å². The molecule has 0 spiro atoms. The number of aromatic nitrogens is 1. The maximum atomic E-state index is 5.71. The monoisotopic (exact) mass is 250 g/mol. The first kappa shape index (κ1) is 11.5. The van der Waals surface area contributed by atoms with Gasteiger partial charge in [-0.15, -0.1) is 0 Å². The Morgan fingerprint density at radius 1 is 1.05 bits per heavy atom.